The molecule has 1 heterocycles. The zero-order chi connectivity index (χ0) is 16.2. The van der Waals surface area contributed by atoms with E-state index in [1.165, 1.54) is 4.90 Å². The molecule has 130 valence electrons. The summed E-state index contributed by atoms with van der Waals surface area (Å²) < 4.78 is 5.00. The van der Waals surface area contributed by atoms with Crippen molar-refractivity contribution in [2.75, 3.05) is 47.4 Å². The Morgan fingerprint density at radius 1 is 1.30 bits per heavy atom. The smallest absolute Gasteiger partial charge is 0.243 e. The van der Waals surface area contributed by atoms with E-state index in [1.807, 2.05) is 18.2 Å². The van der Waals surface area contributed by atoms with Crippen LogP contribution in [0.4, 0.5) is 0 Å². The highest BCUT2D eigenvalue weighted by atomic mass is 127. The minimum Gasteiger partial charge on any atom is -0.383 e. The van der Waals surface area contributed by atoms with Gasteiger partial charge in [-0.2, -0.15) is 0 Å². The lowest BCUT2D eigenvalue weighted by atomic mass is 10.3. The first-order valence-electron chi connectivity index (χ1n) is 7.24. The summed E-state index contributed by atoms with van der Waals surface area (Å²) in [4.78, 5) is 21.7. The van der Waals surface area contributed by atoms with Crippen LogP contribution in [0.3, 0.4) is 0 Å². The normalized spacial score (nSPS) is 10.7. The Kier molecular flexibility index (Phi) is 12.3. The van der Waals surface area contributed by atoms with Crippen molar-refractivity contribution in [2.24, 2.45) is 4.99 Å². The van der Waals surface area contributed by atoms with E-state index in [1.54, 1.807) is 27.4 Å². The van der Waals surface area contributed by atoms with E-state index in [4.69, 9.17) is 4.74 Å². The van der Waals surface area contributed by atoms with Gasteiger partial charge < -0.3 is 20.3 Å². The van der Waals surface area contributed by atoms with Crippen molar-refractivity contribution in [3.05, 3.63) is 30.1 Å². The molecule has 7 nitrogen and oxygen atoms in total. The number of hydrogen-bond donors (Lipinski definition) is 2. The van der Waals surface area contributed by atoms with Crippen molar-refractivity contribution in [3.63, 3.8) is 0 Å². The molecule has 2 N–H and O–H groups in total. The standard InChI is InChI=1S/C15H25N5O2.HI/c1-20(2)14(21)12-19-15(18-10-11-22-3)17-9-7-13-6-4-5-8-16-13;/h4-6,8H,7,9-12H2,1-3H3,(H2,17,18,19);1H. The monoisotopic (exact) mass is 435 g/mol. The minimum atomic E-state index is -0.0439. The quantitative estimate of drug-likeness (QED) is 0.269. The molecule has 0 fully saturated rings. The van der Waals surface area contributed by atoms with Gasteiger partial charge in [0.05, 0.1) is 6.61 Å². The molecule has 1 amide bonds. The molecule has 0 atom stereocenters. The van der Waals surface area contributed by atoms with Crippen LogP contribution in [-0.2, 0) is 16.0 Å². The molecule has 0 aliphatic heterocycles. The van der Waals surface area contributed by atoms with Gasteiger partial charge in [0.15, 0.2) is 5.96 Å². The third kappa shape index (κ3) is 10.1. The molecule has 0 bridgehead atoms. The topological polar surface area (TPSA) is 78.8 Å². The number of guanidine groups is 1. The summed E-state index contributed by atoms with van der Waals surface area (Å²) in [5.41, 5.74) is 1.01. The average Bonchev–Trinajstić information content (AvgIpc) is 2.52. The molecular formula is C15H26IN5O2. The van der Waals surface area contributed by atoms with Crippen LogP contribution >= 0.6 is 24.0 Å². The van der Waals surface area contributed by atoms with Crippen LogP contribution in [0.25, 0.3) is 0 Å². The van der Waals surface area contributed by atoms with Crippen LogP contribution in [0.1, 0.15) is 5.69 Å². The molecule has 0 saturated carbocycles. The van der Waals surface area contributed by atoms with E-state index in [2.05, 4.69) is 20.6 Å². The van der Waals surface area contributed by atoms with E-state index in [0.717, 1.165) is 12.1 Å². The summed E-state index contributed by atoms with van der Waals surface area (Å²) in [6, 6.07) is 5.83. The highest BCUT2D eigenvalue weighted by Gasteiger charge is 2.04. The number of aromatic nitrogens is 1. The van der Waals surface area contributed by atoms with Crippen LogP contribution in [0.5, 0.6) is 0 Å². The summed E-state index contributed by atoms with van der Waals surface area (Å²) in [5.74, 6) is 0.556. The third-order valence-electron chi connectivity index (χ3n) is 2.87. The SMILES string of the molecule is COCCNC(=NCC(=O)N(C)C)NCCc1ccccn1.I. The number of methoxy groups -OCH3 is 1. The fourth-order valence-corrected chi connectivity index (χ4v) is 1.59. The summed E-state index contributed by atoms with van der Waals surface area (Å²) in [5, 5.41) is 6.32. The van der Waals surface area contributed by atoms with Gasteiger partial charge >= 0.3 is 0 Å². The minimum absolute atomic E-state index is 0. The molecule has 1 rings (SSSR count). The summed E-state index contributed by atoms with van der Waals surface area (Å²) >= 11 is 0. The molecule has 23 heavy (non-hydrogen) atoms. The second kappa shape index (κ2) is 13.1. The van der Waals surface area contributed by atoms with Gasteiger partial charge in [-0.05, 0) is 12.1 Å². The maximum Gasteiger partial charge on any atom is 0.243 e. The lowest BCUT2D eigenvalue weighted by Gasteiger charge is -2.13. The van der Waals surface area contributed by atoms with Gasteiger partial charge in [0, 0.05) is 52.6 Å². The lowest BCUT2D eigenvalue weighted by Crippen LogP contribution is -2.40. The molecule has 0 radical (unpaired) electrons. The van der Waals surface area contributed by atoms with Gasteiger partial charge in [0.1, 0.15) is 6.54 Å². The van der Waals surface area contributed by atoms with E-state index in [-0.39, 0.29) is 36.4 Å². The first-order valence-corrected chi connectivity index (χ1v) is 7.24. The lowest BCUT2D eigenvalue weighted by molar-refractivity contribution is -0.127. The first kappa shape index (κ1) is 21.6. The number of hydrogen-bond acceptors (Lipinski definition) is 4. The number of pyridine rings is 1. The highest BCUT2D eigenvalue weighted by molar-refractivity contribution is 14.0. The number of carbonyl (C=O) groups excluding carboxylic acids is 1. The number of nitrogens with zero attached hydrogens (tertiary/aromatic N) is 3. The number of likely N-dealkylation sites (N-methyl/N-ethyl adjacent to an activating group) is 1. The Morgan fingerprint density at radius 2 is 2.04 bits per heavy atom. The summed E-state index contributed by atoms with van der Waals surface area (Å²) in [6.45, 7) is 2.00. The Labute approximate surface area is 154 Å². The average molecular weight is 435 g/mol. The Bertz CT molecular complexity index is 468. The van der Waals surface area contributed by atoms with Gasteiger partial charge in [-0.15, -0.1) is 24.0 Å². The number of rotatable bonds is 8. The molecule has 8 heteroatoms. The summed E-state index contributed by atoms with van der Waals surface area (Å²) in [6.07, 6.45) is 2.56. The van der Waals surface area contributed by atoms with Gasteiger partial charge in [0.25, 0.3) is 0 Å². The van der Waals surface area contributed by atoms with Crippen molar-refractivity contribution in [2.45, 2.75) is 6.42 Å². The second-order valence-corrected chi connectivity index (χ2v) is 4.87. The molecule has 0 aliphatic carbocycles. The molecule has 1 aromatic rings. The predicted molar refractivity (Wildman–Crippen MR) is 102 cm³/mol. The van der Waals surface area contributed by atoms with Gasteiger partial charge in [-0.25, -0.2) is 4.99 Å². The molecule has 0 aliphatic rings. The van der Waals surface area contributed by atoms with E-state index in [9.17, 15) is 4.79 Å². The third-order valence-corrected chi connectivity index (χ3v) is 2.87. The number of amides is 1. The molecule has 1 aromatic heterocycles. The van der Waals surface area contributed by atoms with Crippen LogP contribution < -0.4 is 10.6 Å². The molecule has 0 saturated heterocycles. The summed E-state index contributed by atoms with van der Waals surface area (Å²) in [7, 11) is 5.07. The zero-order valence-electron chi connectivity index (χ0n) is 13.9. The van der Waals surface area contributed by atoms with E-state index in [0.29, 0.717) is 25.7 Å². The maximum atomic E-state index is 11.6. The second-order valence-electron chi connectivity index (χ2n) is 4.87. The van der Waals surface area contributed by atoms with Crippen molar-refractivity contribution < 1.29 is 9.53 Å². The fourth-order valence-electron chi connectivity index (χ4n) is 1.59. The molecule has 0 spiro atoms. The predicted octanol–water partition coefficient (Wildman–Crippen LogP) is 0.512. The Hall–Kier alpha value is -1.42. The number of aliphatic imine (C=N–C) groups is 1. The van der Waals surface area contributed by atoms with E-state index >= 15 is 0 Å². The maximum absolute atomic E-state index is 11.6. The molecule has 0 aromatic carbocycles. The first-order chi connectivity index (χ1) is 10.6. The Morgan fingerprint density at radius 3 is 2.65 bits per heavy atom. The van der Waals surface area contributed by atoms with Crippen LogP contribution in [-0.4, -0.2) is 69.2 Å². The van der Waals surface area contributed by atoms with Gasteiger partial charge in [0.2, 0.25) is 5.91 Å². The fraction of sp³-hybridized carbons (Fsp3) is 0.533. The molecule has 0 unspecified atom stereocenters. The van der Waals surface area contributed by atoms with Crippen LogP contribution in [0, 0.1) is 0 Å². The highest BCUT2D eigenvalue weighted by Crippen LogP contribution is 1.93. The number of halogens is 1. The Balaban J connectivity index is 0.00000484. The van der Waals surface area contributed by atoms with Crippen molar-refractivity contribution in [1.82, 2.24) is 20.5 Å². The van der Waals surface area contributed by atoms with Crippen molar-refractivity contribution in [3.8, 4) is 0 Å². The van der Waals surface area contributed by atoms with Crippen molar-refractivity contribution >= 4 is 35.8 Å². The number of carbonyl (C=O) groups is 1. The van der Waals surface area contributed by atoms with E-state index < -0.39 is 0 Å². The largest absolute Gasteiger partial charge is 0.383 e. The van der Waals surface area contributed by atoms with Crippen LogP contribution in [0.15, 0.2) is 29.4 Å². The van der Waals surface area contributed by atoms with Crippen LogP contribution in [0.2, 0.25) is 0 Å². The van der Waals surface area contributed by atoms with Crippen molar-refractivity contribution in [1.29, 1.82) is 0 Å². The number of ether oxygens (including phenoxy) is 1. The number of nitrogens with one attached hydrogen (secondary N) is 2. The zero-order valence-corrected chi connectivity index (χ0v) is 16.2. The molecular weight excluding hydrogens is 409 g/mol. The van der Waals surface area contributed by atoms with Gasteiger partial charge in [-0.1, -0.05) is 6.07 Å². The van der Waals surface area contributed by atoms with Gasteiger partial charge in [-0.3, -0.25) is 9.78 Å².